The number of hydrogen-bond acceptors (Lipinski definition) is 10. The van der Waals surface area contributed by atoms with E-state index in [-0.39, 0.29) is 97.1 Å². The molecule has 0 saturated heterocycles. The van der Waals surface area contributed by atoms with Crippen molar-refractivity contribution < 1.29 is 42.7 Å². The summed E-state index contributed by atoms with van der Waals surface area (Å²) in [5.74, 6) is -5.37. The van der Waals surface area contributed by atoms with Crippen LogP contribution in [-0.4, -0.2) is 68.7 Å². The van der Waals surface area contributed by atoms with Gasteiger partial charge in [-0.05, 0) is 146 Å². The van der Waals surface area contributed by atoms with Crippen molar-refractivity contribution in [2.24, 2.45) is 11.8 Å². The van der Waals surface area contributed by atoms with Crippen LogP contribution in [0.25, 0.3) is 22.3 Å². The molecule has 2 heterocycles. The Morgan fingerprint density at radius 2 is 1.23 bits per heavy atom. The summed E-state index contributed by atoms with van der Waals surface area (Å²) in [6.07, 6.45) is 6.88. The molecule has 2 aromatic heterocycles. The van der Waals surface area contributed by atoms with Crippen molar-refractivity contribution in [3.8, 4) is 22.3 Å². The van der Waals surface area contributed by atoms with Crippen LogP contribution in [0.2, 0.25) is 0 Å². The van der Waals surface area contributed by atoms with Gasteiger partial charge < -0.3 is 21.1 Å². The van der Waals surface area contributed by atoms with Gasteiger partial charge in [-0.15, -0.1) is 22.7 Å². The molecule has 8 rings (SSSR count). The summed E-state index contributed by atoms with van der Waals surface area (Å²) in [7, 11) is 0. The van der Waals surface area contributed by atoms with Crippen LogP contribution in [0.1, 0.15) is 132 Å². The highest BCUT2D eigenvalue weighted by atomic mass is 32.1. The quantitative estimate of drug-likeness (QED) is 0.0484. The highest BCUT2D eigenvalue weighted by molar-refractivity contribution is 7.15. The third-order valence-corrected chi connectivity index (χ3v) is 14.0. The smallest absolute Gasteiger partial charge is 0.335 e. The molecule has 2 atom stereocenters. The maximum Gasteiger partial charge on any atom is 0.335 e. The number of nitrogens with zero attached hydrogens (tertiary/aromatic N) is 2. The molecule has 5 amide bonds. The SMILES string of the molecule is Cc1c(F)cc(C(=O)NC2CC2)cc1-c1ccc(C(=O)O)cc1C(=O)Nc1ncc(C[C@H](C)Cc2c(F)cc(C(=O)NC3CC3)cc2-c2ccc(C(=O)N[C@H](C)C(C)C)cc2C(=O)Nc2nccs2)s1. The Labute approximate surface area is 410 Å². The normalized spacial score (nSPS) is 14.1. The molecule has 0 radical (unpaired) electrons. The summed E-state index contributed by atoms with van der Waals surface area (Å²) in [4.78, 5) is 89.4. The fourth-order valence-electron chi connectivity index (χ4n) is 7.80. The molecule has 2 fully saturated rings. The molecule has 2 aliphatic rings. The zero-order chi connectivity index (χ0) is 50.0. The lowest BCUT2D eigenvalue weighted by atomic mass is 9.87. The van der Waals surface area contributed by atoms with E-state index in [2.05, 4.69) is 36.6 Å². The third-order valence-electron chi connectivity index (χ3n) is 12.4. The minimum atomic E-state index is -1.28. The molecule has 2 aliphatic carbocycles. The molecule has 14 nitrogen and oxygen atoms in total. The summed E-state index contributed by atoms with van der Waals surface area (Å²) < 4.78 is 32.0. The van der Waals surface area contributed by atoms with Crippen LogP contribution < -0.4 is 26.6 Å². The van der Waals surface area contributed by atoms with Gasteiger partial charge in [0.2, 0.25) is 0 Å². The van der Waals surface area contributed by atoms with Crippen LogP contribution in [0.15, 0.2) is 78.4 Å². The molecular formula is C52H51F2N7O7S2. The molecule has 18 heteroatoms. The molecule has 0 unspecified atom stereocenters. The number of aromatic nitrogens is 2. The number of anilines is 2. The molecule has 4 aromatic carbocycles. The van der Waals surface area contributed by atoms with Crippen LogP contribution in [0, 0.1) is 30.4 Å². The van der Waals surface area contributed by atoms with Crippen molar-refractivity contribution in [1.29, 1.82) is 0 Å². The molecule has 6 aromatic rings. The van der Waals surface area contributed by atoms with Gasteiger partial charge in [-0.25, -0.2) is 23.5 Å². The maximum atomic E-state index is 16.7. The molecule has 362 valence electrons. The second kappa shape index (κ2) is 20.8. The van der Waals surface area contributed by atoms with E-state index in [9.17, 15) is 33.9 Å². The van der Waals surface area contributed by atoms with E-state index in [1.807, 2.05) is 27.7 Å². The monoisotopic (exact) mass is 987 g/mol. The molecule has 6 N–H and O–H groups in total. The summed E-state index contributed by atoms with van der Waals surface area (Å²) >= 11 is 2.36. The second-order valence-corrected chi connectivity index (χ2v) is 20.3. The van der Waals surface area contributed by atoms with Crippen molar-refractivity contribution in [3.63, 3.8) is 0 Å². The summed E-state index contributed by atoms with van der Waals surface area (Å²) in [6, 6.07) is 13.7. The Kier molecular flexibility index (Phi) is 14.6. The number of nitrogens with one attached hydrogen (secondary N) is 5. The number of carbonyl (C=O) groups excluding carboxylic acids is 5. The fraction of sp³-hybridized carbons (Fsp3) is 0.308. The minimum absolute atomic E-state index is 0.00717. The maximum absolute atomic E-state index is 16.7. The Morgan fingerprint density at radius 3 is 1.81 bits per heavy atom. The first-order valence-corrected chi connectivity index (χ1v) is 24.7. The number of benzene rings is 4. The van der Waals surface area contributed by atoms with Crippen molar-refractivity contribution in [1.82, 2.24) is 25.9 Å². The first-order chi connectivity index (χ1) is 33.4. The molecule has 0 spiro atoms. The molecule has 70 heavy (non-hydrogen) atoms. The Hall–Kier alpha value is -7.18. The number of rotatable bonds is 18. The van der Waals surface area contributed by atoms with Crippen LogP contribution >= 0.6 is 22.7 Å². The van der Waals surface area contributed by atoms with Gasteiger partial charge in [-0.3, -0.25) is 34.6 Å². The van der Waals surface area contributed by atoms with Gasteiger partial charge in [-0.2, -0.15) is 0 Å². The number of halogens is 2. The van der Waals surface area contributed by atoms with E-state index in [0.29, 0.717) is 27.6 Å². The predicted octanol–water partition coefficient (Wildman–Crippen LogP) is 9.70. The Bertz CT molecular complexity index is 3040. The number of carbonyl (C=O) groups is 6. The van der Waals surface area contributed by atoms with Gasteiger partial charge in [0.1, 0.15) is 11.6 Å². The summed E-state index contributed by atoms with van der Waals surface area (Å²) in [5.41, 5.74) is 1.58. The largest absolute Gasteiger partial charge is 0.478 e. The Morgan fingerprint density at radius 1 is 0.657 bits per heavy atom. The molecule has 2 saturated carbocycles. The zero-order valence-electron chi connectivity index (χ0n) is 39.0. The van der Waals surface area contributed by atoms with Crippen LogP contribution in [0.4, 0.5) is 19.0 Å². The lowest BCUT2D eigenvalue weighted by molar-refractivity contribution is 0.0695. The van der Waals surface area contributed by atoms with Gasteiger partial charge in [0.05, 0.1) is 5.56 Å². The first-order valence-electron chi connectivity index (χ1n) is 23.0. The zero-order valence-corrected chi connectivity index (χ0v) is 40.6. The van der Waals surface area contributed by atoms with E-state index in [4.69, 9.17) is 0 Å². The molecule has 0 bridgehead atoms. The highest BCUT2D eigenvalue weighted by Gasteiger charge is 2.29. The average Bonchev–Trinajstić information content (AvgIpc) is 4.23. The van der Waals surface area contributed by atoms with Crippen molar-refractivity contribution in [2.45, 2.75) is 91.3 Å². The minimum Gasteiger partial charge on any atom is -0.478 e. The number of amides is 5. The number of hydrogen-bond donors (Lipinski definition) is 6. The third kappa shape index (κ3) is 11.6. The first kappa shape index (κ1) is 49.2. The van der Waals surface area contributed by atoms with Gasteiger partial charge in [0, 0.05) is 68.6 Å². The van der Waals surface area contributed by atoms with Crippen LogP contribution in [-0.2, 0) is 12.8 Å². The van der Waals surface area contributed by atoms with E-state index in [1.165, 1.54) is 60.9 Å². The predicted molar refractivity (Wildman–Crippen MR) is 265 cm³/mol. The highest BCUT2D eigenvalue weighted by Crippen LogP contribution is 2.36. The number of thiazole rings is 2. The van der Waals surface area contributed by atoms with Gasteiger partial charge in [0.25, 0.3) is 29.5 Å². The van der Waals surface area contributed by atoms with Crippen molar-refractivity contribution >= 4 is 68.4 Å². The number of carboxylic acid groups (broad SMARTS) is 1. The van der Waals surface area contributed by atoms with Gasteiger partial charge >= 0.3 is 5.97 Å². The lowest BCUT2D eigenvalue weighted by Crippen LogP contribution is -2.36. The van der Waals surface area contributed by atoms with Gasteiger partial charge in [-0.1, -0.05) is 32.9 Å². The lowest BCUT2D eigenvalue weighted by Gasteiger charge is -2.20. The Balaban J connectivity index is 1.07. The fourth-order valence-corrected chi connectivity index (χ4v) is 9.30. The number of aromatic carboxylic acids is 1. The topological polar surface area (TPSA) is 209 Å². The van der Waals surface area contributed by atoms with Crippen LogP contribution in [0.3, 0.4) is 0 Å². The van der Waals surface area contributed by atoms with E-state index in [1.54, 1.807) is 29.8 Å². The van der Waals surface area contributed by atoms with E-state index in [0.717, 1.165) is 43.1 Å². The van der Waals surface area contributed by atoms with Gasteiger partial charge in [0.15, 0.2) is 10.3 Å². The molecular weight excluding hydrogens is 937 g/mol. The van der Waals surface area contributed by atoms with E-state index >= 15 is 8.78 Å². The summed E-state index contributed by atoms with van der Waals surface area (Å²) in [5, 5.41) is 26.3. The standard InChI is InChI=1S/C52H51F2N7O7S2/c1-25(2)28(5)57-45(62)29-6-12-37(41(18-29)48(65)60-51-55-14-15-69-51)39-21-32(47(64)59-34-10-11-34)23-44(54)40(39)17-26(3)16-35-24-56-52(70-35)61-49(66)42-19-30(50(67)68)7-13-36(42)38-20-31(22-43(53)27(38)4)46(63)58-33-8-9-33/h6-7,12-15,18-26,28,33-34H,8-11,16-17H2,1-5H3,(H,57,62)(H,58,63)(H,59,64)(H,67,68)(H,55,60,65)(H,56,61,66)/t26-,28+/m0/s1. The number of carboxylic acids is 1. The van der Waals surface area contributed by atoms with Crippen molar-refractivity contribution in [3.05, 3.63) is 139 Å². The summed E-state index contributed by atoms with van der Waals surface area (Å²) in [6.45, 7) is 9.25. The van der Waals surface area contributed by atoms with E-state index < -0.39 is 47.1 Å². The van der Waals surface area contributed by atoms with Crippen molar-refractivity contribution in [2.75, 3.05) is 10.6 Å². The van der Waals surface area contributed by atoms with Crippen LogP contribution in [0.5, 0.6) is 0 Å². The second-order valence-electron chi connectivity index (χ2n) is 18.3. The molecule has 0 aliphatic heterocycles. The average molecular weight is 988 g/mol.